The van der Waals surface area contributed by atoms with E-state index in [1.165, 1.54) is 12.1 Å². The molecule has 0 unspecified atom stereocenters. The SMILES string of the molecule is CCN1CN(c2ccc(S(=O)(=O)C(F)(F)F)cc2)CC1=O. The lowest BCUT2D eigenvalue weighted by atomic mass is 10.3. The highest BCUT2D eigenvalue weighted by atomic mass is 32.2. The van der Waals surface area contributed by atoms with Gasteiger partial charge in [-0.3, -0.25) is 4.79 Å². The fourth-order valence-electron chi connectivity index (χ4n) is 2.02. The van der Waals surface area contributed by atoms with Crippen molar-refractivity contribution in [2.45, 2.75) is 17.3 Å². The Morgan fingerprint density at radius 2 is 1.76 bits per heavy atom. The number of hydrogen-bond acceptors (Lipinski definition) is 4. The molecule has 1 aliphatic heterocycles. The summed E-state index contributed by atoms with van der Waals surface area (Å²) >= 11 is 0. The second kappa shape index (κ2) is 5.21. The van der Waals surface area contributed by atoms with Gasteiger partial charge in [0.05, 0.1) is 18.1 Å². The zero-order valence-electron chi connectivity index (χ0n) is 11.1. The molecular weight excluding hydrogens is 309 g/mol. The predicted octanol–water partition coefficient (Wildman–Crippen LogP) is 1.61. The van der Waals surface area contributed by atoms with Crippen LogP contribution in [0.4, 0.5) is 18.9 Å². The van der Waals surface area contributed by atoms with Gasteiger partial charge in [-0.25, -0.2) is 8.42 Å². The lowest BCUT2D eigenvalue weighted by Gasteiger charge is -2.18. The van der Waals surface area contributed by atoms with Crippen LogP contribution in [0.25, 0.3) is 0 Å². The van der Waals surface area contributed by atoms with Gasteiger partial charge in [0.25, 0.3) is 9.84 Å². The van der Waals surface area contributed by atoms with Crippen LogP contribution in [-0.4, -0.2) is 44.5 Å². The molecule has 0 aliphatic carbocycles. The summed E-state index contributed by atoms with van der Waals surface area (Å²) in [7, 11) is -5.34. The molecular formula is C12H13F3N2O3S. The molecule has 1 aromatic carbocycles. The van der Waals surface area contributed by atoms with Gasteiger partial charge >= 0.3 is 5.51 Å². The Morgan fingerprint density at radius 1 is 1.19 bits per heavy atom. The Bertz CT molecular complexity index is 641. The highest BCUT2D eigenvalue weighted by molar-refractivity contribution is 7.92. The second-order valence-electron chi connectivity index (χ2n) is 4.53. The number of halogens is 3. The first-order valence-corrected chi connectivity index (χ1v) is 7.59. The number of amides is 1. The van der Waals surface area contributed by atoms with Crippen molar-refractivity contribution < 1.29 is 26.4 Å². The number of nitrogens with zero attached hydrogens (tertiary/aromatic N) is 2. The molecule has 5 nitrogen and oxygen atoms in total. The van der Waals surface area contributed by atoms with Crippen LogP contribution >= 0.6 is 0 Å². The minimum Gasteiger partial charge on any atom is -0.344 e. The summed E-state index contributed by atoms with van der Waals surface area (Å²) in [4.78, 5) is 14.0. The van der Waals surface area contributed by atoms with Gasteiger partial charge in [0.1, 0.15) is 0 Å². The third-order valence-electron chi connectivity index (χ3n) is 3.22. The number of anilines is 1. The molecule has 0 aromatic heterocycles. The zero-order valence-corrected chi connectivity index (χ0v) is 11.9. The third-order valence-corrected chi connectivity index (χ3v) is 4.72. The van der Waals surface area contributed by atoms with E-state index >= 15 is 0 Å². The van der Waals surface area contributed by atoms with Crippen LogP contribution in [-0.2, 0) is 14.6 Å². The van der Waals surface area contributed by atoms with Gasteiger partial charge in [0.2, 0.25) is 5.91 Å². The molecule has 1 saturated heterocycles. The highest BCUT2D eigenvalue weighted by Gasteiger charge is 2.46. The quantitative estimate of drug-likeness (QED) is 0.848. The molecule has 1 aliphatic rings. The Labute approximate surface area is 119 Å². The maximum absolute atomic E-state index is 12.4. The van der Waals surface area contributed by atoms with Gasteiger partial charge < -0.3 is 9.80 Å². The summed E-state index contributed by atoms with van der Waals surface area (Å²) in [5.41, 5.74) is -4.82. The average molecular weight is 322 g/mol. The van der Waals surface area contributed by atoms with Crippen molar-refractivity contribution in [1.82, 2.24) is 4.90 Å². The monoisotopic (exact) mass is 322 g/mol. The molecule has 1 fully saturated rings. The van der Waals surface area contributed by atoms with Crippen molar-refractivity contribution in [3.8, 4) is 0 Å². The third kappa shape index (κ3) is 2.82. The van der Waals surface area contributed by atoms with E-state index in [0.717, 1.165) is 12.1 Å². The summed E-state index contributed by atoms with van der Waals surface area (Å²) in [6, 6.07) is 4.34. The number of sulfone groups is 1. The fraction of sp³-hybridized carbons (Fsp3) is 0.417. The lowest BCUT2D eigenvalue weighted by molar-refractivity contribution is -0.126. The summed E-state index contributed by atoms with van der Waals surface area (Å²) in [5.74, 6) is -0.0792. The molecule has 0 radical (unpaired) electrons. The van der Waals surface area contributed by atoms with Gasteiger partial charge in [0.15, 0.2) is 0 Å². The van der Waals surface area contributed by atoms with Crippen LogP contribution in [0.1, 0.15) is 6.92 Å². The van der Waals surface area contributed by atoms with Crippen molar-refractivity contribution in [3.05, 3.63) is 24.3 Å². The molecule has 1 amide bonds. The van der Waals surface area contributed by atoms with Gasteiger partial charge in [-0.05, 0) is 31.2 Å². The number of rotatable bonds is 3. The molecule has 0 atom stereocenters. The predicted molar refractivity (Wildman–Crippen MR) is 69.3 cm³/mol. The van der Waals surface area contributed by atoms with E-state index in [2.05, 4.69) is 0 Å². The Balaban J connectivity index is 2.23. The molecule has 1 aromatic rings. The van der Waals surface area contributed by atoms with Gasteiger partial charge in [0, 0.05) is 12.2 Å². The Kier molecular flexibility index (Phi) is 3.87. The van der Waals surface area contributed by atoms with Gasteiger partial charge in [-0.2, -0.15) is 13.2 Å². The first kappa shape index (κ1) is 15.6. The van der Waals surface area contributed by atoms with E-state index in [-0.39, 0.29) is 12.5 Å². The van der Waals surface area contributed by atoms with Crippen molar-refractivity contribution in [3.63, 3.8) is 0 Å². The molecule has 1 heterocycles. The van der Waals surface area contributed by atoms with E-state index in [9.17, 15) is 26.4 Å². The first-order valence-electron chi connectivity index (χ1n) is 6.11. The van der Waals surface area contributed by atoms with Gasteiger partial charge in [-0.15, -0.1) is 0 Å². The smallest absolute Gasteiger partial charge is 0.344 e. The number of carbonyl (C=O) groups excluding carboxylic acids is 1. The summed E-state index contributed by atoms with van der Waals surface area (Å²) < 4.78 is 59.7. The topological polar surface area (TPSA) is 57.7 Å². The summed E-state index contributed by atoms with van der Waals surface area (Å²) in [6.07, 6.45) is 0. The zero-order chi connectivity index (χ0) is 15.8. The molecule has 116 valence electrons. The normalized spacial score (nSPS) is 16.7. The van der Waals surface area contributed by atoms with Crippen LogP contribution in [0.15, 0.2) is 29.2 Å². The molecule has 9 heteroatoms. The van der Waals surface area contributed by atoms with Crippen LogP contribution < -0.4 is 4.90 Å². The molecule has 0 bridgehead atoms. The maximum atomic E-state index is 12.4. The van der Waals surface area contributed by atoms with Crippen LogP contribution in [0.3, 0.4) is 0 Å². The number of hydrogen-bond donors (Lipinski definition) is 0. The molecule has 0 N–H and O–H groups in total. The van der Waals surface area contributed by atoms with E-state index in [4.69, 9.17) is 0 Å². The summed E-state index contributed by atoms with van der Waals surface area (Å²) in [6.45, 7) is 2.82. The van der Waals surface area contributed by atoms with Crippen molar-refractivity contribution >= 4 is 21.4 Å². The molecule has 0 spiro atoms. The molecule has 21 heavy (non-hydrogen) atoms. The minimum atomic E-state index is -5.34. The average Bonchev–Trinajstić information content (AvgIpc) is 2.79. The lowest BCUT2D eigenvalue weighted by Crippen LogP contribution is -2.26. The van der Waals surface area contributed by atoms with Crippen LogP contribution in [0.2, 0.25) is 0 Å². The van der Waals surface area contributed by atoms with Crippen molar-refractivity contribution in [2.24, 2.45) is 0 Å². The largest absolute Gasteiger partial charge is 0.501 e. The summed E-state index contributed by atoms with van der Waals surface area (Å²) in [5, 5.41) is 0. The van der Waals surface area contributed by atoms with Crippen molar-refractivity contribution in [2.75, 3.05) is 24.7 Å². The van der Waals surface area contributed by atoms with E-state index in [1.807, 2.05) is 6.92 Å². The number of alkyl halides is 3. The number of likely N-dealkylation sites (N-methyl/N-ethyl adjacent to an activating group) is 1. The van der Waals surface area contributed by atoms with E-state index < -0.39 is 20.2 Å². The Hall–Kier alpha value is -1.77. The highest BCUT2D eigenvalue weighted by Crippen LogP contribution is 2.31. The Morgan fingerprint density at radius 3 is 2.19 bits per heavy atom. The minimum absolute atomic E-state index is 0.0792. The molecule has 0 saturated carbocycles. The number of carbonyl (C=O) groups is 1. The van der Waals surface area contributed by atoms with Crippen LogP contribution in [0, 0.1) is 0 Å². The molecule has 2 rings (SSSR count). The van der Waals surface area contributed by atoms with Crippen molar-refractivity contribution in [1.29, 1.82) is 0 Å². The van der Waals surface area contributed by atoms with E-state index in [1.54, 1.807) is 9.80 Å². The second-order valence-corrected chi connectivity index (χ2v) is 6.47. The van der Waals surface area contributed by atoms with Crippen LogP contribution in [0.5, 0.6) is 0 Å². The maximum Gasteiger partial charge on any atom is 0.501 e. The fourth-order valence-corrected chi connectivity index (χ4v) is 2.78. The standard InChI is InChI=1S/C12H13F3N2O3S/c1-2-16-8-17(7-11(16)18)9-3-5-10(6-4-9)21(19,20)12(13,14)15/h3-6H,2,7-8H2,1H3. The van der Waals surface area contributed by atoms with Gasteiger partial charge in [-0.1, -0.05) is 0 Å². The first-order chi connectivity index (χ1) is 9.66. The number of benzene rings is 1. The van der Waals surface area contributed by atoms with E-state index in [0.29, 0.717) is 18.9 Å².